The quantitative estimate of drug-likeness (QED) is 0.856. The maximum atomic E-state index is 13.0. The molecule has 114 valence electrons. The van der Waals surface area contributed by atoms with Crippen LogP contribution >= 0.6 is 0 Å². The normalized spacial score (nSPS) is 14.8. The molecule has 1 aliphatic rings. The van der Waals surface area contributed by atoms with Gasteiger partial charge in [-0.25, -0.2) is 8.42 Å². The zero-order valence-electron chi connectivity index (χ0n) is 12.5. The highest BCUT2D eigenvalue weighted by molar-refractivity contribution is 7.93. The molecule has 0 aliphatic carbocycles. The maximum absolute atomic E-state index is 13.0. The lowest BCUT2D eigenvalue weighted by atomic mass is 9.99. The molecule has 22 heavy (non-hydrogen) atoms. The van der Waals surface area contributed by atoms with Crippen LogP contribution in [0.4, 0.5) is 5.69 Å². The lowest BCUT2D eigenvalue weighted by Crippen LogP contribution is -2.38. The van der Waals surface area contributed by atoms with Crippen molar-refractivity contribution in [2.45, 2.75) is 25.2 Å². The van der Waals surface area contributed by atoms with E-state index in [0.29, 0.717) is 21.7 Å². The van der Waals surface area contributed by atoms with Crippen LogP contribution in [0, 0.1) is 13.8 Å². The molecule has 0 radical (unpaired) electrons. The molecule has 3 rings (SSSR count). The number of ketones is 1. The highest BCUT2D eigenvalue weighted by Gasteiger charge is 2.33. The minimum Gasteiger partial charge on any atom is -0.294 e. The van der Waals surface area contributed by atoms with Gasteiger partial charge >= 0.3 is 0 Å². The zero-order valence-corrected chi connectivity index (χ0v) is 13.4. The second-order valence-electron chi connectivity index (χ2n) is 5.49. The summed E-state index contributed by atoms with van der Waals surface area (Å²) in [6.45, 7) is 3.80. The zero-order chi connectivity index (χ0) is 15.9. The number of nitrogens with zero attached hydrogens (tertiary/aromatic N) is 1. The Morgan fingerprint density at radius 1 is 0.955 bits per heavy atom. The van der Waals surface area contributed by atoms with Gasteiger partial charge in [0.2, 0.25) is 0 Å². The van der Waals surface area contributed by atoms with Gasteiger partial charge in [0.25, 0.3) is 10.0 Å². The molecule has 0 aromatic heterocycles. The number of benzene rings is 2. The molecule has 1 heterocycles. The highest BCUT2D eigenvalue weighted by atomic mass is 32.2. The van der Waals surface area contributed by atoms with E-state index in [0.717, 1.165) is 5.56 Å². The van der Waals surface area contributed by atoms with Gasteiger partial charge in [-0.05, 0) is 37.1 Å². The van der Waals surface area contributed by atoms with Gasteiger partial charge in [0.15, 0.2) is 5.78 Å². The summed E-state index contributed by atoms with van der Waals surface area (Å²) >= 11 is 0. The third kappa shape index (κ3) is 2.22. The number of carbonyl (C=O) groups is 1. The van der Waals surface area contributed by atoms with E-state index in [4.69, 9.17) is 0 Å². The maximum Gasteiger partial charge on any atom is 0.264 e. The summed E-state index contributed by atoms with van der Waals surface area (Å²) in [7, 11) is -3.67. The van der Waals surface area contributed by atoms with E-state index in [1.54, 1.807) is 37.3 Å². The number of hydrogen-bond donors (Lipinski definition) is 0. The van der Waals surface area contributed by atoms with Crippen molar-refractivity contribution < 1.29 is 13.2 Å². The predicted octanol–water partition coefficient (Wildman–Crippen LogP) is 3.09. The van der Waals surface area contributed by atoms with Crippen molar-refractivity contribution in [3.05, 3.63) is 59.2 Å². The average Bonchev–Trinajstić information content (AvgIpc) is 2.48. The van der Waals surface area contributed by atoms with Crippen LogP contribution in [-0.2, 0) is 10.0 Å². The molecule has 0 spiro atoms. The van der Waals surface area contributed by atoms with Gasteiger partial charge in [0, 0.05) is 18.5 Å². The van der Waals surface area contributed by atoms with Crippen molar-refractivity contribution in [2.24, 2.45) is 0 Å². The molecule has 0 amide bonds. The van der Waals surface area contributed by atoms with Gasteiger partial charge in [-0.1, -0.05) is 30.3 Å². The minimum absolute atomic E-state index is 0.00469. The Hall–Kier alpha value is -2.14. The van der Waals surface area contributed by atoms with Crippen molar-refractivity contribution in [3.8, 4) is 0 Å². The molecule has 0 N–H and O–H groups in total. The lowest BCUT2D eigenvalue weighted by Gasteiger charge is -2.31. The van der Waals surface area contributed by atoms with E-state index in [-0.39, 0.29) is 18.7 Å². The molecular weight excluding hydrogens is 298 g/mol. The predicted molar refractivity (Wildman–Crippen MR) is 85.8 cm³/mol. The molecule has 0 saturated carbocycles. The topological polar surface area (TPSA) is 54.5 Å². The van der Waals surface area contributed by atoms with Crippen LogP contribution < -0.4 is 4.31 Å². The number of carbonyl (C=O) groups excluding carboxylic acids is 1. The molecule has 5 heteroatoms. The minimum atomic E-state index is -3.67. The molecule has 0 bridgehead atoms. The van der Waals surface area contributed by atoms with Gasteiger partial charge in [-0.15, -0.1) is 0 Å². The van der Waals surface area contributed by atoms with Gasteiger partial charge in [0.1, 0.15) is 0 Å². The number of aryl methyl sites for hydroxylation is 2. The third-order valence-corrected chi connectivity index (χ3v) is 5.95. The Balaban J connectivity index is 2.21. The first-order valence-corrected chi connectivity index (χ1v) is 8.58. The highest BCUT2D eigenvalue weighted by Crippen LogP contribution is 2.35. The smallest absolute Gasteiger partial charge is 0.264 e. The van der Waals surface area contributed by atoms with E-state index in [2.05, 4.69) is 0 Å². The molecule has 0 saturated heterocycles. The number of fused-ring (bicyclic) bond motifs is 1. The van der Waals surface area contributed by atoms with E-state index in [1.165, 1.54) is 4.31 Å². The van der Waals surface area contributed by atoms with Crippen LogP contribution in [0.2, 0.25) is 0 Å². The number of hydrogen-bond acceptors (Lipinski definition) is 3. The second-order valence-corrected chi connectivity index (χ2v) is 7.32. The summed E-state index contributed by atoms with van der Waals surface area (Å²) < 4.78 is 27.5. The van der Waals surface area contributed by atoms with Crippen LogP contribution in [-0.4, -0.2) is 20.7 Å². The second kappa shape index (κ2) is 5.25. The molecular formula is C17H17NO3S. The van der Waals surface area contributed by atoms with Gasteiger partial charge < -0.3 is 0 Å². The van der Waals surface area contributed by atoms with E-state index >= 15 is 0 Å². The Bertz CT molecular complexity index is 856. The van der Waals surface area contributed by atoms with Crippen LogP contribution in [0.25, 0.3) is 0 Å². The standard InChI is InChI=1S/C17H17NO3S/c1-12-6-3-4-9-16(12)22(20,21)18-11-10-15(19)14-8-5-7-13(2)17(14)18/h3-9H,10-11H2,1-2H3. The lowest BCUT2D eigenvalue weighted by molar-refractivity contribution is 0.0982. The summed E-state index contributed by atoms with van der Waals surface area (Å²) in [5, 5.41) is 0. The summed E-state index contributed by atoms with van der Waals surface area (Å²) in [5.41, 5.74) is 2.50. The molecule has 2 aromatic carbocycles. The van der Waals surface area contributed by atoms with Crippen molar-refractivity contribution >= 4 is 21.5 Å². The van der Waals surface area contributed by atoms with E-state index in [1.807, 2.05) is 19.1 Å². The van der Waals surface area contributed by atoms with E-state index < -0.39 is 10.0 Å². The first-order valence-electron chi connectivity index (χ1n) is 7.14. The monoisotopic (exact) mass is 315 g/mol. The Kier molecular flexibility index (Phi) is 3.53. The Morgan fingerprint density at radius 2 is 1.64 bits per heavy atom. The van der Waals surface area contributed by atoms with Gasteiger partial charge in [-0.2, -0.15) is 0 Å². The summed E-state index contributed by atoms with van der Waals surface area (Å²) in [6, 6.07) is 12.2. The molecule has 4 nitrogen and oxygen atoms in total. The SMILES string of the molecule is Cc1ccccc1S(=O)(=O)N1CCC(=O)c2cccc(C)c21. The number of sulfonamides is 1. The first-order chi connectivity index (χ1) is 10.4. The van der Waals surface area contributed by atoms with Gasteiger partial charge in [-0.3, -0.25) is 9.10 Å². The van der Waals surface area contributed by atoms with Crippen LogP contribution in [0.3, 0.4) is 0 Å². The van der Waals surface area contributed by atoms with Crippen LogP contribution in [0.5, 0.6) is 0 Å². The number of Topliss-reactive ketones (excluding diaryl/α,β-unsaturated/α-hetero) is 1. The fourth-order valence-corrected chi connectivity index (χ4v) is 4.65. The van der Waals surface area contributed by atoms with Gasteiger partial charge in [0.05, 0.1) is 10.6 Å². The summed E-state index contributed by atoms with van der Waals surface area (Å²) in [5.74, 6) is -0.00469. The Labute approximate surface area is 130 Å². The fourth-order valence-electron chi connectivity index (χ4n) is 2.87. The van der Waals surface area contributed by atoms with Crippen LogP contribution in [0.1, 0.15) is 27.9 Å². The molecule has 0 fully saturated rings. The third-order valence-electron chi connectivity index (χ3n) is 3.99. The number of anilines is 1. The molecule has 2 aromatic rings. The van der Waals surface area contributed by atoms with Crippen molar-refractivity contribution in [1.29, 1.82) is 0 Å². The number of rotatable bonds is 2. The molecule has 0 atom stereocenters. The molecule has 0 unspecified atom stereocenters. The molecule has 1 aliphatic heterocycles. The first kappa shape index (κ1) is 14.8. The summed E-state index contributed by atoms with van der Waals surface area (Å²) in [6.07, 6.45) is 0.210. The van der Waals surface area contributed by atoms with Crippen LogP contribution in [0.15, 0.2) is 47.4 Å². The van der Waals surface area contributed by atoms with Crippen molar-refractivity contribution in [1.82, 2.24) is 0 Å². The largest absolute Gasteiger partial charge is 0.294 e. The Morgan fingerprint density at radius 3 is 2.36 bits per heavy atom. The van der Waals surface area contributed by atoms with E-state index in [9.17, 15) is 13.2 Å². The van der Waals surface area contributed by atoms with Crippen molar-refractivity contribution in [2.75, 3.05) is 10.8 Å². The fraction of sp³-hybridized carbons (Fsp3) is 0.235. The number of para-hydroxylation sites is 1. The summed E-state index contributed by atoms with van der Waals surface area (Å²) in [4.78, 5) is 12.4. The van der Waals surface area contributed by atoms with Crippen molar-refractivity contribution in [3.63, 3.8) is 0 Å². The average molecular weight is 315 g/mol.